The van der Waals surface area contributed by atoms with Gasteiger partial charge in [-0.15, -0.1) is 0 Å². The van der Waals surface area contributed by atoms with Crippen molar-refractivity contribution in [2.45, 2.75) is 102 Å². The molecule has 2 aromatic carbocycles. The van der Waals surface area contributed by atoms with E-state index in [-0.39, 0.29) is 55.6 Å². The summed E-state index contributed by atoms with van der Waals surface area (Å²) in [7, 11) is -2.22. The minimum atomic E-state index is -4.56. The van der Waals surface area contributed by atoms with Crippen LogP contribution in [0.15, 0.2) is 42.7 Å². The van der Waals surface area contributed by atoms with Crippen LogP contribution in [0.2, 0.25) is 18.1 Å². The van der Waals surface area contributed by atoms with E-state index in [1.165, 1.54) is 9.80 Å². The first-order chi connectivity index (χ1) is 23.9. The molecule has 3 aromatic rings. The van der Waals surface area contributed by atoms with E-state index in [1.54, 1.807) is 12.3 Å². The van der Waals surface area contributed by atoms with Gasteiger partial charge in [-0.1, -0.05) is 39.0 Å². The van der Waals surface area contributed by atoms with Crippen LogP contribution in [0.25, 0.3) is 10.8 Å². The predicted octanol–water partition coefficient (Wildman–Crippen LogP) is 6.07. The van der Waals surface area contributed by atoms with Crippen molar-refractivity contribution in [2.24, 2.45) is 5.41 Å². The number of likely N-dealkylation sites (tertiary alicyclic amines) is 1. The van der Waals surface area contributed by atoms with E-state index in [0.717, 1.165) is 21.9 Å². The molecule has 10 nitrogen and oxygen atoms in total. The predicted molar refractivity (Wildman–Crippen MR) is 187 cm³/mol. The third kappa shape index (κ3) is 5.87. The molecule has 2 saturated heterocycles. The Labute approximate surface area is 295 Å². The molecule has 4 aliphatic rings. The third-order valence-corrected chi connectivity index (χ3v) is 16.5. The number of carbonyl (C=O) groups is 4. The third-order valence-electron chi connectivity index (χ3n) is 12.0. The minimum Gasteiger partial charge on any atom is -0.414 e. The van der Waals surface area contributed by atoms with E-state index in [1.807, 2.05) is 35.1 Å². The van der Waals surface area contributed by atoms with Gasteiger partial charge in [0.1, 0.15) is 11.5 Å². The number of hydrogen-bond acceptors (Lipinski definition) is 6. The Morgan fingerprint density at radius 1 is 1.04 bits per heavy atom. The summed E-state index contributed by atoms with van der Waals surface area (Å²) in [6, 6.07) is 8.57. The number of aromatic nitrogens is 2. The van der Waals surface area contributed by atoms with Crippen molar-refractivity contribution in [3.8, 4) is 0 Å². The zero-order chi connectivity index (χ0) is 36.7. The molecule has 1 N–H and O–H groups in total. The van der Waals surface area contributed by atoms with Gasteiger partial charge in [0, 0.05) is 43.1 Å². The van der Waals surface area contributed by atoms with Gasteiger partial charge in [-0.2, -0.15) is 18.3 Å². The van der Waals surface area contributed by atoms with Crippen molar-refractivity contribution >= 4 is 48.4 Å². The first-order valence-corrected chi connectivity index (χ1v) is 20.5. The molecule has 1 unspecified atom stereocenters. The molecule has 51 heavy (non-hydrogen) atoms. The Morgan fingerprint density at radius 3 is 2.37 bits per heavy atom. The summed E-state index contributed by atoms with van der Waals surface area (Å²) >= 11 is 0. The van der Waals surface area contributed by atoms with Crippen LogP contribution in [0.1, 0.15) is 80.8 Å². The van der Waals surface area contributed by atoms with Gasteiger partial charge in [0.05, 0.1) is 24.0 Å². The Morgan fingerprint density at radius 2 is 1.75 bits per heavy atom. The summed E-state index contributed by atoms with van der Waals surface area (Å²) in [5, 5.41) is 8.74. The summed E-state index contributed by atoms with van der Waals surface area (Å²) in [5.74, 6) is -1.92. The summed E-state index contributed by atoms with van der Waals surface area (Å²) < 4.78 is 50.1. The van der Waals surface area contributed by atoms with Crippen LogP contribution < -0.4 is 10.2 Å². The fourth-order valence-electron chi connectivity index (χ4n) is 7.53. The van der Waals surface area contributed by atoms with Gasteiger partial charge >= 0.3 is 6.18 Å². The molecule has 0 radical (unpaired) electrons. The Hall–Kier alpha value is -4.04. The minimum absolute atomic E-state index is 0.0594. The molecule has 3 fully saturated rings. The lowest BCUT2D eigenvalue weighted by atomic mass is 9.87. The number of carbonyl (C=O) groups excluding carboxylic acids is 4. The monoisotopic (exact) mass is 723 g/mol. The lowest BCUT2D eigenvalue weighted by Gasteiger charge is -2.45. The van der Waals surface area contributed by atoms with Gasteiger partial charge < -0.3 is 9.33 Å². The molecule has 4 amide bonds. The molecule has 1 aromatic heterocycles. The van der Waals surface area contributed by atoms with Crippen LogP contribution in [0.4, 0.5) is 18.9 Å². The summed E-state index contributed by atoms with van der Waals surface area (Å²) in [5.41, 5.74) is 0.110. The summed E-state index contributed by atoms with van der Waals surface area (Å²) in [4.78, 5) is 54.2. The number of nitrogens with zero attached hydrogens (tertiary/aromatic N) is 4. The zero-order valence-corrected chi connectivity index (χ0v) is 30.7. The molecule has 4 heterocycles. The molecule has 14 heteroatoms. The summed E-state index contributed by atoms with van der Waals surface area (Å²) in [6.45, 7) is 11.5. The second kappa shape index (κ2) is 12.0. The van der Waals surface area contributed by atoms with Crippen molar-refractivity contribution < 1.29 is 36.8 Å². The van der Waals surface area contributed by atoms with Crippen molar-refractivity contribution in [1.82, 2.24) is 20.0 Å². The molecule has 272 valence electrons. The Bertz CT molecular complexity index is 1940. The number of piperidine rings is 2. The van der Waals surface area contributed by atoms with Crippen molar-refractivity contribution in [3.05, 3.63) is 59.4 Å². The van der Waals surface area contributed by atoms with Crippen LogP contribution in [0.5, 0.6) is 0 Å². The highest BCUT2D eigenvalue weighted by atomic mass is 28.4. The zero-order valence-electron chi connectivity index (χ0n) is 29.7. The van der Waals surface area contributed by atoms with Gasteiger partial charge in [-0.3, -0.25) is 34.1 Å². The Balaban J connectivity index is 1.16. The number of nitrogens with one attached hydrogen (secondary N) is 1. The van der Waals surface area contributed by atoms with E-state index in [0.29, 0.717) is 37.1 Å². The molecular formula is C37H44F3N5O5Si. The van der Waals surface area contributed by atoms with Gasteiger partial charge in [-0.25, -0.2) is 0 Å². The number of benzene rings is 2. The lowest BCUT2D eigenvalue weighted by molar-refractivity contribution is -0.199. The topological polar surface area (TPSA) is 114 Å². The number of alkyl halides is 3. The van der Waals surface area contributed by atoms with Gasteiger partial charge in [0.2, 0.25) is 17.7 Å². The van der Waals surface area contributed by atoms with Crippen LogP contribution in [0, 0.1) is 5.41 Å². The van der Waals surface area contributed by atoms with E-state index < -0.39 is 43.3 Å². The summed E-state index contributed by atoms with van der Waals surface area (Å²) in [6.07, 6.45) is 0.597. The molecule has 0 bridgehead atoms. The number of halogens is 3. The van der Waals surface area contributed by atoms with Crippen molar-refractivity contribution in [1.29, 1.82) is 0 Å². The number of imide groups is 1. The van der Waals surface area contributed by atoms with E-state index in [9.17, 15) is 32.3 Å². The smallest absolute Gasteiger partial charge is 0.403 e. The van der Waals surface area contributed by atoms with E-state index in [2.05, 4.69) is 39.2 Å². The highest BCUT2D eigenvalue weighted by Crippen LogP contribution is 2.59. The first kappa shape index (κ1) is 35.4. The number of rotatable bonds is 8. The second-order valence-corrected chi connectivity index (χ2v) is 21.0. The fourth-order valence-corrected chi connectivity index (χ4v) is 8.60. The van der Waals surface area contributed by atoms with Gasteiger partial charge in [-0.05, 0) is 78.9 Å². The molecule has 1 saturated carbocycles. The average Bonchev–Trinajstić information content (AvgIpc) is 3.69. The Kier molecular flexibility index (Phi) is 8.33. The van der Waals surface area contributed by atoms with Gasteiger partial charge in [0.15, 0.2) is 8.32 Å². The fraction of sp³-hybridized carbons (Fsp3) is 0.541. The lowest BCUT2D eigenvalue weighted by Crippen LogP contribution is -2.55. The van der Waals surface area contributed by atoms with Crippen molar-refractivity contribution in [3.63, 3.8) is 0 Å². The van der Waals surface area contributed by atoms with Crippen LogP contribution in [0.3, 0.4) is 0 Å². The maximum atomic E-state index is 13.8. The number of hydrogen-bond donors (Lipinski definition) is 1. The highest BCUT2D eigenvalue weighted by Gasteiger charge is 2.69. The van der Waals surface area contributed by atoms with Crippen LogP contribution >= 0.6 is 0 Å². The highest BCUT2D eigenvalue weighted by molar-refractivity contribution is 6.74. The van der Waals surface area contributed by atoms with Gasteiger partial charge in [0.25, 0.3) is 5.91 Å². The standard InChI is InChI=1S/C37H44F3N5O5Si/c1-34(2,3)51(4,5)50-22-35(15-17-43(18-16-35)33(49)36(13-14-36)37(38,39)40)44-21-23(20-41-44)19-24-9-10-27-30-25(24)7-6-8-26(30)32(48)45(27)28-11-12-29(46)42-31(28)47/h6-10,20-21,28H,11-19,22H2,1-5H3,(H,42,46,47). The molecule has 7 rings (SSSR count). The first-order valence-electron chi connectivity index (χ1n) is 17.6. The van der Waals surface area contributed by atoms with Crippen LogP contribution in [-0.4, -0.2) is 78.5 Å². The molecule has 1 aliphatic carbocycles. The molecule has 0 spiro atoms. The largest absolute Gasteiger partial charge is 0.414 e. The van der Waals surface area contributed by atoms with Crippen LogP contribution in [-0.2, 0) is 30.8 Å². The van der Waals surface area contributed by atoms with E-state index in [4.69, 9.17) is 9.52 Å². The second-order valence-electron chi connectivity index (χ2n) is 16.2. The normalized spacial score (nSPS) is 21.7. The van der Waals surface area contributed by atoms with E-state index >= 15 is 0 Å². The maximum absolute atomic E-state index is 13.8. The van der Waals surface area contributed by atoms with Crippen molar-refractivity contribution in [2.75, 3.05) is 24.6 Å². The number of amides is 4. The molecule has 1 atom stereocenters. The SMILES string of the molecule is CC(C)(C)[Si](C)(C)OCC1(n2cc(Cc3ccc4c5c(cccc35)C(=O)N4C3CCC(=O)NC3=O)cn2)CCN(C(=O)C2(C(F)(F)F)CC2)CC1. The number of anilines is 1. The molecule has 3 aliphatic heterocycles. The molecular weight excluding hydrogens is 680 g/mol. The maximum Gasteiger partial charge on any atom is 0.403 e. The quantitative estimate of drug-likeness (QED) is 0.223. The average molecular weight is 724 g/mol.